The minimum Gasteiger partial charge on any atom is -0.438 e. The van der Waals surface area contributed by atoms with Gasteiger partial charge in [-0.25, -0.2) is 4.98 Å². The molecule has 0 unspecified atom stereocenters. The van der Waals surface area contributed by atoms with Gasteiger partial charge in [0.25, 0.3) is 0 Å². The molecule has 2 aromatic rings. The van der Waals surface area contributed by atoms with Crippen LogP contribution in [0.25, 0.3) is 0 Å². The van der Waals surface area contributed by atoms with Crippen LogP contribution in [0.1, 0.15) is 5.56 Å². The van der Waals surface area contributed by atoms with Crippen molar-refractivity contribution in [1.82, 2.24) is 4.98 Å². The number of ether oxygens (including phenoxy) is 1. The van der Waals surface area contributed by atoms with Gasteiger partial charge >= 0.3 is 0 Å². The Morgan fingerprint density at radius 3 is 2.47 bits per heavy atom. The van der Waals surface area contributed by atoms with Crippen LogP contribution in [-0.2, 0) is 0 Å². The van der Waals surface area contributed by atoms with Gasteiger partial charge in [0, 0.05) is 13.3 Å². The monoisotopic (exact) mass is 228 g/mol. The molecule has 1 aromatic carbocycles. The zero-order chi connectivity index (χ0) is 12.5. The Morgan fingerprint density at radius 1 is 1.12 bits per heavy atom. The van der Waals surface area contributed by atoms with Crippen molar-refractivity contribution >= 4 is 0 Å². The minimum atomic E-state index is 0.339. The van der Waals surface area contributed by atoms with Crippen molar-refractivity contribution in [1.29, 1.82) is 5.26 Å². The Bertz CT molecular complexity index is 492. The van der Waals surface area contributed by atoms with Gasteiger partial charge in [0.1, 0.15) is 17.4 Å². The highest BCUT2D eigenvalue weighted by atomic mass is 16.5. The van der Waals surface area contributed by atoms with Crippen LogP contribution in [0.2, 0.25) is 0 Å². The summed E-state index contributed by atoms with van der Waals surface area (Å²) in [6.07, 6.45) is 1.60. The van der Waals surface area contributed by atoms with Gasteiger partial charge in [-0.15, -0.1) is 0 Å². The summed E-state index contributed by atoms with van der Waals surface area (Å²) in [4.78, 5) is 4.00. The fourth-order valence-corrected chi connectivity index (χ4v) is 1.16. The van der Waals surface area contributed by atoms with Crippen molar-refractivity contribution < 1.29 is 9.84 Å². The first-order valence-electron chi connectivity index (χ1n) is 4.93. The number of hydrogen-bond acceptors (Lipinski definition) is 4. The van der Waals surface area contributed by atoms with E-state index in [0.717, 1.165) is 7.11 Å². The van der Waals surface area contributed by atoms with Crippen molar-refractivity contribution in [3.05, 3.63) is 54.2 Å². The van der Waals surface area contributed by atoms with Crippen LogP contribution in [-0.4, -0.2) is 17.2 Å². The molecule has 17 heavy (non-hydrogen) atoms. The molecule has 2 rings (SSSR count). The SMILES string of the molecule is CO.N#Cc1cccnc1Oc1ccccc1. The van der Waals surface area contributed by atoms with E-state index in [2.05, 4.69) is 4.98 Å². The fraction of sp³-hybridized carbons (Fsp3) is 0.0769. The van der Waals surface area contributed by atoms with Gasteiger partial charge in [-0.3, -0.25) is 0 Å². The first-order valence-corrected chi connectivity index (χ1v) is 4.93. The maximum Gasteiger partial charge on any atom is 0.237 e. The van der Waals surface area contributed by atoms with Crippen molar-refractivity contribution in [2.75, 3.05) is 7.11 Å². The van der Waals surface area contributed by atoms with E-state index < -0.39 is 0 Å². The average Bonchev–Trinajstić information content (AvgIpc) is 2.43. The summed E-state index contributed by atoms with van der Waals surface area (Å²) >= 11 is 0. The molecule has 0 atom stereocenters. The van der Waals surface area contributed by atoms with Gasteiger partial charge in [0.15, 0.2) is 0 Å². The van der Waals surface area contributed by atoms with Crippen LogP contribution in [0, 0.1) is 11.3 Å². The molecule has 0 bridgehead atoms. The lowest BCUT2D eigenvalue weighted by Gasteiger charge is -2.04. The number of rotatable bonds is 2. The van der Waals surface area contributed by atoms with E-state index in [1.165, 1.54) is 0 Å². The second-order valence-electron chi connectivity index (χ2n) is 2.88. The third-order valence-corrected chi connectivity index (χ3v) is 1.85. The lowest BCUT2D eigenvalue weighted by Crippen LogP contribution is -1.90. The van der Waals surface area contributed by atoms with Gasteiger partial charge in [-0.2, -0.15) is 5.26 Å². The van der Waals surface area contributed by atoms with E-state index in [4.69, 9.17) is 15.1 Å². The molecule has 4 nitrogen and oxygen atoms in total. The number of nitriles is 1. The Labute approximate surface area is 99.7 Å². The van der Waals surface area contributed by atoms with E-state index in [9.17, 15) is 0 Å². The van der Waals surface area contributed by atoms with Gasteiger partial charge < -0.3 is 9.84 Å². The average molecular weight is 228 g/mol. The molecule has 1 aromatic heterocycles. The van der Waals surface area contributed by atoms with Gasteiger partial charge in [0.2, 0.25) is 5.88 Å². The number of aliphatic hydroxyl groups excluding tert-OH is 1. The number of benzene rings is 1. The number of hydrogen-bond donors (Lipinski definition) is 1. The highest BCUT2D eigenvalue weighted by Crippen LogP contribution is 2.21. The Balaban J connectivity index is 0.000000686. The van der Waals surface area contributed by atoms with Gasteiger partial charge in [-0.05, 0) is 24.3 Å². The van der Waals surface area contributed by atoms with Gasteiger partial charge in [0.05, 0.1) is 0 Å². The summed E-state index contributed by atoms with van der Waals surface area (Å²) in [5.41, 5.74) is 0.432. The molecular weight excluding hydrogens is 216 g/mol. The van der Waals surface area contributed by atoms with Crippen LogP contribution in [0.3, 0.4) is 0 Å². The van der Waals surface area contributed by atoms with E-state index in [-0.39, 0.29) is 0 Å². The highest BCUT2D eigenvalue weighted by Gasteiger charge is 2.03. The number of aliphatic hydroxyl groups is 1. The van der Waals surface area contributed by atoms with Crippen molar-refractivity contribution in [2.45, 2.75) is 0 Å². The summed E-state index contributed by atoms with van der Waals surface area (Å²) in [5.74, 6) is 1.01. The fourth-order valence-electron chi connectivity index (χ4n) is 1.16. The largest absolute Gasteiger partial charge is 0.438 e. The van der Waals surface area contributed by atoms with E-state index in [1.54, 1.807) is 18.3 Å². The molecule has 0 fully saturated rings. The third-order valence-electron chi connectivity index (χ3n) is 1.85. The molecule has 0 amide bonds. The summed E-state index contributed by atoms with van der Waals surface area (Å²) in [5, 5.41) is 15.8. The molecule has 1 N–H and O–H groups in total. The maximum absolute atomic E-state index is 8.83. The first-order chi connectivity index (χ1) is 8.40. The maximum atomic E-state index is 8.83. The predicted octanol–water partition coefficient (Wildman–Crippen LogP) is 2.35. The zero-order valence-electron chi connectivity index (χ0n) is 9.37. The number of para-hydroxylation sites is 1. The topological polar surface area (TPSA) is 66.1 Å². The summed E-state index contributed by atoms with van der Waals surface area (Å²) in [6, 6.07) is 14.7. The Hall–Kier alpha value is -2.38. The normalized spacial score (nSPS) is 8.53. The Kier molecular flexibility index (Phi) is 5.21. The molecule has 4 heteroatoms. The highest BCUT2D eigenvalue weighted by molar-refractivity contribution is 5.39. The number of nitrogens with zero attached hydrogens (tertiary/aromatic N) is 2. The standard InChI is InChI=1S/C12H8N2O.CH4O/c13-9-10-5-4-8-14-12(10)15-11-6-2-1-3-7-11;1-2/h1-8H;2H,1H3. The zero-order valence-corrected chi connectivity index (χ0v) is 9.37. The van der Waals surface area contributed by atoms with Crippen molar-refractivity contribution in [3.8, 4) is 17.7 Å². The molecule has 0 spiro atoms. The molecule has 0 aliphatic carbocycles. The van der Waals surface area contributed by atoms with Crippen LogP contribution in [0.5, 0.6) is 11.6 Å². The summed E-state index contributed by atoms with van der Waals surface area (Å²) in [6.45, 7) is 0. The quantitative estimate of drug-likeness (QED) is 0.856. The lowest BCUT2D eigenvalue weighted by atomic mass is 10.3. The first kappa shape index (κ1) is 12.7. The smallest absolute Gasteiger partial charge is 0.237 e. The summed E-state index contributed by atoms with van der Waals surface area (Å²) in [7, 11) is 1.00. The molecule has 0 saturated carbocycles. The van der Waals surface area contributed by atoms with Crippen LogP contribution < -0.4 is 4.74 Å². The van der Waals surface area contributed by atoms with Crippen molar-refractivity contribution in [3.63, 3.8) is 0 Å². The van der Waals surface area contributed by atoms with Crippen LogP contribution in [0.15, 0.2) is 48.7 Å². The Morgan fingerprint density at radius 2 is 1.82 bits per heavy atom. The molecular formula is C13H12N2O2. The second kappa shape index (κ2) is 6.99. The molecule has 0 aliphatic rings. The third kappa shape index (κ3) is 3.59. The molecule has 0 aliphatic heterocycles. The number of aromatic nitrogens is 1. The lowest BCUT2D eigenvalue weighted by molar-refractivity contribution is 0.399. The van der Waals surface area contributed by atoms with E-state index >= 15 is 0 Å². The molecule has 0 saturated heterocycles. The summed E-state index contributed by atoms with van der Waals surface area (Å²) < 4.78 is 5.47. The van der Waals surface area contributed by atoms with E-state index in [0.29, 0.717) is 17.2 Å². The molecule has 1 heterocycles. The predicted molar refractivity (Wildman–Crippen MR) is 63.6 cm³/mol. The minimum absolute atomic E-state index is 0.339. The number of pyridine rings is 1. The van der Waals surface area contributed by atoms with Gasteiger partial charge in [-0.1, -0.05) is 18.2 Å². The van der Waals surface area contributed by atoms with Crippen LogP contribution in [0.4, 0.5) is 0 Å². The van der Waals surface area contributed by atoms with Crippen molar-refractivity contribution in [2.24, 2.45) is 0 Å². The molecule has 0 radical (unpaired) electrons. The van der Waals surface area contributed by atoms with Crippen LogP contribution >= 0.6 is 0 Å². The molecule has 86 valence electrons. The van der Waals surface area contributed by atoms with E-state index in [1.807, 2.05) is 36.4 Å². The second-order valence-corrected chi connectivity index (χ2v) is 2.88.